The molecule has 8 heteroatoms. The molecule has 2 aromatic heterocycles. The summed E-state index contributed by atoms with van der Waals surface area (Å²) in [6.45, 7) is 1.68. The van der Waals surface area contributed by atoms with Crippen molar-refractivity contribution in [1.29, 1.82) is 0 Å². The Labute approximate surface area is 162 Å². The molecular formula is C19H22N6OS. The Morgan fingerprint density at radius 1 is 1.26 bits per heavy atom. The lowest BCUT2D eigenvalue weighted by Gasteiger charge is -2.23. The van der Waals surface area contributed by atoms with E-state index in [4.69, 9.17) is 10.5 Å². The van der Waals surface area contributed by atoms with Gasteiger partial charge in [0.05, 0.1) is 19.3 Å². The number of thiophene rings is 1. The van der Waals surface area contributed by atoms with Crippen molar-refractivity contribution in [1.82, 2.24) is 19.9 Å². The molecule has 0 radical (unpaired) electrons. The van der Waals surface area contributed by atoms with Crippen molar-refractivity contribution in [3.05, 3.63) is 52.5 Å². The molecule has 1 aromatic carbocycles. The first kappa shape index (κ1) is 17.7. The van der Waals surface area contributed by atoms with Gasteiger partial charge in [0, 0.05) is 6.04 Å². The number of rotatable bonds is 6. The minimum atomic E-state index is 0.212. The molecular weight excluding hydrogens is 360 g/mol. The molecule has 0 spiro atoms. The molecule has 0 unspecified atom stereocenters. The van der Waals surface area contributed by atoms with Crippen molar-refractivity contribution in [2.45, 2.75) is 25.4 Å². The van der Waals surface area contributed by atoms with Crippen molar-refractivity contribution >= 4 is 28.9 Å². The van der Waals surface area contributed by atoms with Crippen LogP contribution in [0.1, 0.15) is 30.3 Å². The number of hydrogen-bond donors (Lipinski definition) is 2. The first-order chi connectivity index (χ1) is 13.2. The quantitative estimate of drug-likeness (QED) is 0.673. The molecule has 3 N–H and O–H groups in total. The van der Waals surface area contributed by atoms with Gasteiger partial charge in [-0.25, -0.2) is 0 Å². The molecule has 1 aliphatic heterocycles. The van der Waals surface area contributed by atoms with Gasteiger partial charge >= 0.3 is 0 Å². The van der Waals surface area contributed by atoms with Gasteiger partial charge in [0.1, 0.15) is 11.6 Å². The van der Waals surface area contributed by atoms with E-state index >= 15 is 0 Å². The average Bonchev–Trinajstić information content (AvgIpc) is 3.33. The maximum Gasteiger partial charge on any atom is 0.232 e. The molecule has 0 bridgehead atoms. The molecule has 1 fully saturated rings. The Balaban J connectivity index is 1.54. The van der Waals surface area contributed by atoms with Crippen LogP contribution in [0.15, 0.2) is 41.1 Å². The van der Waals surface area contributed by atoms with E-state index in [1.807, 2.05) is 24.3 Å². The first-order valence-electron chi connectivity index (χ1n) is 8.89. The second-order valence-electron chi connectivity index (χ2n) is 6.44. The fraction of sp³-hybridized carbons (Fsp3) is 0.316. The number of hydrogen-bond acceptors (Lipinski definition) is 8. The van der Waals surface area contributed by atoms with E-state index in [-0.39, 0.29) is 5.95 Å². The predicted molar refractivity (Wildman–Crippen MR) is 107 cm³/mol. The highest BCUT2D eigenvalue weighted by Gasteiger charge is 2.27. The Kier molecular flexibility index (Phi) is 5.17. The normalized spacial score (nSPS) is 17.1. The van der Waals surface area contributed by atoms with Gasteiger partial charge < -0.3 is 15.8 Å². The number of likely N-dealkylation sites (tertiary alicyclic amines) is 1. The SMILES string of the molecule is COc1ccccc1Nc1nc(N)nc(CN2CCC[C@H]2c2ccsc2)n1. The summed E-state index contributed by atoms with van der Waals surface area (Å²) in [6.07, 6.45) is 2.33. The summed E-state index contributed by atoms with van der Waals surface area (Å²) in [7, 11) is 1.63. The van der Waals surface area contributed by atoms with Crippen LogP contribution in [0.2, 0.25) is 0 Å². The molecule has 0 amide bonds. The fourth-order valence-corrected chi connectivity index (χ4v) is 4.18. The Morgan fingerprint density at radius 3 is 2.96 bits per heavy atom. The van der Waals surface area contributed by atoms with Crippen LogP contribution in [0.3, 0.4) is 0 Å². The number of para-hydroxylation sites is 2. The minimum absolute atomic E-state index is 0.212. The zero-order chi connectivity index (χ0) is 18.6. The molecule has 4 rings (SSSR count). The van der Waals surface area contributed by atoms with E-state index in [0.717, 1.165) is 24.4 Å². The van der Waals surface area contributed by atoms with E-state index in [0.29, 0.717) is 24.4 Å². The van der Waals surface area contributed by atoms with Crippen LogP contribution in [0.25, 0.3) is 0 Å². The van der Waals surface area contributed by atoms with Gasteiger partial charge in [-0.1, -0.05) is 12.1 Å². The lowest BCUT2D eigenvalue weighted by atomic mass is 10.1. The Bertz CT molecular complexity index is 901. The number of benzene rings is 1. The monoisotopic (exact) mass is 382 g/mol. The highest BCUT2D eigenvalue weighted by molar-refractivity contribution is 7.07. The lowest BCUT2D eigenvalue weighted by molar-refractivity contribution is 0.242. The molecule has 140 valence electrons. The standard InChI is InChI=1S/C19H22N6OS/c1-26-16-7-3-2-5-14(16)21-19-23-17(22-18(20)24-19)11-25-9-4-6-15(25)13-8-10-27-12-13/h2-3,5,7-8,10,12,15H,4,6,9,11H2,1H3,(H3,20,21,22,23,24)/t15-/m0/s1. The van der Waals surface area contributed by atoms with Gasteiger partial charge in [0.2, 0.25) is 11.9 Å². The van der Waals surface area contributed by atoms with Crippen LogP contribution in [-0.4, -0.2) is 33.5 Å². The van der Waals surface area contributed by atoms with E-state index in [9.17, 15) is 0 Å². The van der Waals surface area contributed by atoms with Crippen LogP contribution >= 0.6 is 11.3 Å². The van der Waals surface area contributed by atoms with Gasteiger partial charge in [-0.15, -0.1) is 0 Å². The number of anilines is 3. The summed E-state index contributed by atoms with van der Waals surface area (Å²) in [5.41, 5.74) is 8.09. The number of methoxy groups -OCH3 is 1. The summed E-state index contributed by atoms with van der Waals surface area (Å²) < 4.78 is 5.37. The fourth-order valence-electron chi connectivity index (χ4n) is 3.47. The summed E-state index contributed by atoms with van der Waals surface area (Å²) in [4.78, 5) is 15.5. The highest BCUT2D eigenvalue weighted by atomic mass is 32.1. The van der Waals surface area contributed by atoms with Crippen LogP contribution in [0, 0.1) is 0 Å². The number of nitrogens with zero attached hydrogens (tertiary/aromatic N) is 4. The van der Waals surface area contributed by atoms with Crippen molar-refractivity contribution < 1.29 is 4.74 Å². The maximum absolute atomic E-state index is 5.94. The molecule has 3 aromatic rings. The summed E-state index contributed by atoms with van der Waals surface area (Å²) in [5, 5.41) is 7.53. The maximum atomic E-state index is 5.94. The molecule has 7 nitrogen and oxygen atoms in total. The van der Waals surface area contributed by atoms with E-state index in [2.05, 4.69) is 42.0 Å². The first-order valence-corrected chi connectivity index (χ1v) is 9.84. The molecule has 1 aliphatic rings. The van der Waals surface area contributed by atoms with E-state index in [1.54, 1.807) is 18.4 Å². The zero-order valence-corrected chi connectivity index (χ0v) is 15.9. The molecule has 27 heavy (non-hydrogen) atoms. The molecule has 0 aliphatic carbocycles. The number of nitrogens with one attached hydrogen (secondary N) is 1. The van der Waals surface area contributed by atoms with Gasteiger partial charge in [-0.05, 0) is 53.9 Å². The number of nitrogen functional groups attached to an aromatic ring is 1. The third-order valence-electron chi connectivity index (χ3n) is 4.69. The second-order valence-corrected chi connectivity index (χ2v) is 7.22. The molecule has 1 saturated heterocycles. The van der Waals surface area contributed by atoms with Crippen LogP contribution in [0.4, 0.5) is 17.6 Å². The van der Waals surface area contributed by atoms with Gasteiger partial charge in [-0.2, -0.15) is 26.3 Å². The minimum Gasteiger partial charge on any atom is -0.495 e. The summed E-state index contributed by atoms with van der Waals surface area (Å²) in [6, 6.07) is 10.2. The molecule has 0 saturated carbocycles. The number of nitrogens with two attached hydrogens (primary N) is 1. The third kappa shape index (κ3) is 4.01. The van der Waals surface area contributed by atoms with Crippen molar-refractivity contribution in [2.24, 2.45) is 0 Å². The second kappa shape index (κ2) is 7.89. The van der Waals surface area contributed by atoms with Crippen LogP contribution in [0.5, 0.6) is 5.75 Å². The van der Waals surface area contributed by atoms with Crippen LogP contribution in [-0.2, 0) is 6.54 Å². The van der Waals surface area contributed by atoms with E-state index < -0.39 is 0 Å². The topological polar surface area (TPSA) is 89.2 Å². The molecule has 1 atom stereocenters. The highest BCUT2D eigenvalue weighted by Crippen LogP contribution is 2.34. The predicted octanol–water partition coefficient (Wildman–Crippen LogP) is 3.60. The third-order valence-corrected chi connectivity index (χ3v) is 5.39. The Morgan fingerprint density at radius 2 is 2.15 bits per heavy atom. The van der Waals surface area contributed by atoms with E-state index in [1.165, 1.54) is 12.0 Å². The summed E-state index contributed by atoms with van der Waals surface area (Å²) >= 11 is 1.73. The largest absolute Gasteiger partial charge is 0.495 e. The van der Waals surface area contributed by atoms with Crippen LogP contribution < -0.4 is 15.8 Å². The van der Waals surface area contributed by atoms with Crippen molar-refractivity contribution in [2.75, 3.05) is 24.7 Å². The van der Waals surface area contributed by atoms with Crippen molar-refractivity contribution in [3.63, 3.8) is 0 Å². The van der Waals surface area contributed by atoms with Gasteiger partial charge in [0.25, 0.3) is 0 Å². The number of ether oxygens (including phenoxy) is 1. The van der Waals surface area contributed by atoms with Gasteiger partial charge in [-0.3, -0.25) is 4.90 Å². The van der Waals surface area contributed by atoms with Crippen molar-refractivity contribution in [3.8, 4) is 5.75 Å². The Hall–Kier alpha value is -2.71. The zero-order valence-electron chi connectivity index (χ0n) is 15.1. The lowest BCUT2D eigenvalue weighted by Crippen LogP contribution is -2.24. The smallest absolute Gasteiger partial charge is 0.232 e. The molecule has 3 heterocycles. The average molecular weight is 382 g/mol. The summed E-state index contributed by atoms with van der Waals surface area (Å²) in [5.74, 6) is 2.02. The van der Waals surface area contributed by atoms with Gasteiger partial charge in [0.15, 0.2) is 0 Å². The number of aromatic nitrogens is 3.